The summed E-state index contributed by atoms with van der Waals surface area (Å²) in [5.74, 6) is 0.464. The lowest BCUT2D eigenvalue weighted by Crippen LogP contribution is -2.11. The van der Waals surface area contributed by atoms with E-state index < -0.39 is 0 Å². The molecule has 0 unspecified atom stereocenters. The molecule has 0 amide bonds. The van der Waals surface area contributed by atoms with Crippen molar-refractivity contribution in [2.24, 2.45) is 11.7 Å². The summed E-state index contributed by atoms with van der Waals surface area (Å²) >= 11 is 0. The second-order valence-corrected chi connectivity index (χ2v) is 4.13. The Morgan fingerprint density at radius 1 is 1.14 bits per heavy atom. The SMILES string of the molecule is CC(C)CC[C@@H](N)c1ccc(F)cc1. The average molecular weight is 195 g/mol. The molecule has 0 radical (unpaired) electrons. The van der Waals surface area contributed by atoms with Crippen molar-refractivity contribution in [3.63, 3.8) is 0 Å². The van der Waals surface area contributed by atoms with Gasteiger partial charge in [0.15, 0.2) is 0 Å². The third-order valence-electron chi connectivity index (χ3n) is 2.35. The van der Waals surface area contributed by atoms with Crippen molar-refractivity contribution in [2.75, 3.05) is 0 Å². The van der Waals surface area contributed by atoms with E-state index in [0.717, 1.165) is 18.4 Å². The summed E-state index contributed by atoms with van der Waals surface area (Å²) in [5, 5.41) is 0. The van der Waals surface area contributed by atoms with Crippen LogP contribution in [0.1, 0.15) is 38.3 Å². The minimum absolute atomic E-state index is 0.0398. The Morgan fingerprint density at radius 2 is 1.71 bits per heavy atom. The van der Waals surface area contributed by atoms with E-state index in [4.69, 9.17) is 5.73 Å². The van der Waals surface area contributed by atoms with Crippen LogP contribution in [0.4, 0.5) is 4.39 Å². The van der Waals surface area contributed by atoms with Gasteiger partial charge < -0.3 is 5.73 Å². The van der Waals surface area contributed by atoms with Gasteiger partial charge >= 0.3 is 0 Å². The van der Waals surface area contributed by atoms with Gasteiger partial charge in [0.25, 0.3) is 0 Å². The lowest BCUT2D eigenvalue weighted by atomic mass is 9.98. The van der Waals surface area contributed by atoms with Crippen molar-refractivity contribution in [1.29, 1.82) is 0 Å². The van der Waals surface area contributed by atoms with Gasteiger partial charge in [0.2, 0.25) is 0 Å². The molecule has 0 aliphatic rings. The minimum atomic E-state index is -0.204. The van der Waals surface area contributed by atoms with E-state index in [1.807, 2.05) is 0 Å². The second kappa shape index (κ2) is 5.11. The van der Waals surface area contributed by atoms with Crippen molar-refractivity contribution in [3.8, 4) is 0 Å². The van der Waals surface area contributed by atoms with E-state index in [1.54, 1.807) is 12.1 Å². The monoisotopic (exact) mass is 195 g/mol. The van der Waals surface area contributed by atoms with Crippen molar-refractivity contribution < 1.29 is 4.39 Å². The molecule has 1 aromatic rings. The summed E-state index contributed by atoms with van der Waals surface area (Å²) in [6.07, 6.45) is 2.07. The average Bonchev–Trinajstić information content (AvgIpc) is 2.15. The third-order valence-corrected chi connectivity index (χ3v) is 2.35. The van der Waals surface area contributed by atoms with Gasteiger partial charge in [0.1, 0.15) is 5.82 Å². The zero-order valence-electron chi connectivity index (χ0n) is 8.83. The molecule has 0 aromatic heterocycles. The quantitative estimate of drug-likeness (QED) is 0.784. The van der Waals surface area contributed by atoms with E-state index in [1.165, 1.54) is 12.1 Å². The predicted molar refractivity (Wildman–Crippen MR) is 57.4 cm³/mol. The summed E-state index contributed by atoms with van der Waals surface area (Å²) in [5.41, 5.74) is 6.99. The first-order chi connectivity index (χ1) is 6.59. The Hall–Kier alpha value is -0.890. The lowest BCUT2D eigenvalue weighted by molar-refractivity contribution is 0.506. The maximum atomic E-state index is 12.6. The van der Waals surface area contributed by atoms with E-state index in [-0.39, 0.29) is 11.9 Å². The molecule has 0 saturated heterocycles. The molecule has 2 N–H and O–H groups in total. The first kappa shape index (κ1) is 11.2. The summed E-state index contributed by atoms with van der Waals surface area (Å²) in [6.45, 7) is 4.36. The highest BCUT2D eigenvalue weighted by atomic mass is 19.1. The van der Waals surface area contributed by atoms with Crippen molar-refractivity contribution in [2.45, 2.75) is 32.7 Å². The molecule has 0 spiro atoms. The van der Waals surface area contributed by atoms with Crippen molar-refractivity contribution >= 4 is 0 Å². The van der Waals surface area contributed by atoms with Crippen LogP contribution in [-0.2, 0) is 0 Å². The third kappa shape index (κ3) is 3.46. The predicted octanol–water partition coefficient (Wildman–Crippen LogP) is 3.26. The maximum Gasteiger partial charge on any atom is 0.123 e. The number of hydrogen-bond donors (Lipinski definition) is 1. The van der Waals surface area contributed by atoms with Crippen molar-refractivity contribution in [1.82, 2.24) is 0 Å². The fourth-order valence-corrected chi connectivity index (χ4v) is 1.39. The van der Waals surface area contributed by atoms with E-state index >= 15 is 0 Å². The molecule has 1 rings (SSSR count). The molecule has 0 fully saturated rings. The molecular formula is C12H18FN. The Morgan fingerprint density at radius 3 is 2.21 bits per heavy atom. The van der Waals surface area contributed by atoms with Crippen LogP contribution in [0.2, 0.25) is 0 Å². The maximum absolute atomic E-state index is 12.6. The molecule has 0 aliphatic carbocycles. The van der Waals surface area contributed by atoms with Crippen LogP contribution < -0.4 is 5.73 Å². The molecule has 0 saturated carbocycles. The van der Waals surface area contributed by atoms with Crippen LogP contribution in [0.25, 0.3) is 0 Å². The Labute approximate surface area is 85.1 Å². The largest absolute Gasteiger partial charge is 0.324 e. The molecule has 0 aliphatic heterocycles. The zero-order chi connectivity index (χ0) is 10.6. The van der Waals surface area contributed by atoms with E-state index in [9.17, 15) is 4.39 Å². The molecule has 78 valence electrons. The topological polar surface area (TPSA) is 26.0 Å². The van der Waals surface area contributed by atoms with Crippen LogP contribution in [-0.4, -0.2) is 0 Å². The molecule has 0 heterocycles. The first-order valence-corrected chi connectivity index (χ1v) is 5.10. The van der Waals surface area contributed by atoms with Crippen LogP contribution in [0.3, 0.4) is 0 Å². The molecular weight excluding hydrogens is 177 g/mol. The Bertz CT molecular complexity index is 266. The molecule has 2 heteroatoms. The highest BCUT2D eigenvalue weighted by Gasteiger charge is 2.06. The summed E-state index contributed by atoms with van der Waals surface area (Å²) in [6, 6.07) is 6.49. The van der Waals surface area contributed by atoms with Crippen LogP contribution >= 0.6 is 0 Å². The Kier molecular flexibility index (Phi) is 4.08. The second-order valence-electron chi connectivity index (χ2n) is 4.13. The molecule has 0 bridgehead atoms. The molecule has 1 atom stereocenters. The van der Waals surface area contributed by atoms with E-state index in [2.05, 4.69) is 13.8 Å². The first-order valence-electron chi connectivity index (χ1n) is 5.10. The van der Waals surface area contributed by atoms with Crippen LogP contribution in [0.5, 0.6) is 0 Å². The molecule has 1 nitrogen and oxygen atoms in total. The fourth-order valence-electron chi connectivity index (χ4n) is 1.39. The Balaban J connectivity index is 2.52. The number of hydrogen-bond acceptors (Lipinski definition) is 1. The molecule has 14 heavy (non-hydrogen) atoms. The number of halogens is 1. The van der Waals surface area contributed by atoms with Gasteiger partial charge in [0.05, 0.1) is 0 Å². The van der Waals surface area contributed by atoms with Gasteiger partial charge in [-0.1, -0.05) is 26.0 Å². The van der Waals surface area contributed by atoms with Crippen LogP contribution in [0.15, 0.2) is 24.3 Å². The highest BCUT2D eigenvalue weighted by Crippen LogP contribution is 2.18. The van der Waals surface area contributed by atoms with Gasteiger partial charge in [-0.25, -0.2) is 4.39 Å². The fraction of sp³-hybridized carbons (Fsp3) is 0.500. The van der Waals surface area contributed by atoms with Gasteiger partial charge in [-0.05, 0) is 36.5 Å². The van der Waals surface area contributed by atoms with E-state index in [0.29, 0.717) is 5.92 Å². The summed E-state index contributed by atoms with van der Waals surface area (Å²) < 4.78 is 12.6. The zero-order valence-corrected chi connectivity index (χ0v) is 8.83. The van der Waals surface area contributed by atoms with Gasteiger partial charge in [-0.15, -0.1) is 0 Å². The summed E-state index contributed by atoms with van der Waals surface area (Å²) in [4.78, 5) is 0. The highest BCUT2D eigenvalue weighted by molar-refractivity contribution is 5.19. The summed E-state index contributed by atoms with van der Waals surface area (Å²) in [7, 11) is 0. The van der Waals surface area contributed by atoms with Gasteiger partial charge in [0, 0.05) is 6.04 Å². The number of benzene rings is 1. The molecule has 1 aromatic carbocycles. The lowest BCUT2D eigenvalue weighted by Gasteiger charge is -2.13. The van der Waals surface area contributed by atoms with Crippen LogP contribution in [0, 0.1) is 11.7 Å². The number of nitrogens with two attached hydrogens (primary N) is 1. The van der Waals surface area contributed by atoms with Gasteiger partial charge in [-0.3, -0.25) is 0 Å². The number of rotatable bonds is 4. The minimum Gasteiger partial charge on any atom is -0.324 e. The standard InChI is InChI=1S/C12H18FN/c1-9(2)3-8-12(14)10-4-6-11(13)7-5-10/h4-7,9,12H,3,8,14H2,1-2H3/t12-/m1/s1. The normalized spacial score (nSPS) is 13.2. The smallest absolute Gasteiger partial charge is 0.123 e. The van der Waals surface area contributed by atoms with Crippen molar-refractivity contribution in [3.05, 3.63) is 35.6 Å². The van der Waals surface area contributed by atoms with Gasteiger partial charge in [-0.2, -0.15) is 0 Å².